The maximum Gasteiger partial charge on any atom is 0.291 e. The van der Waals surface area contributed by atoms with E-state index in [0.29, 0.717) is 11.4 Å². The molecule has 1 aromatic carbocycles. The third kappa shape index (κ3) is 2.68. The van der Waals surface area contributed by atoms with Crippen LogP contribution in [0.25, 0.3) is 0 Å². The summed E-state index contributed by atoms with van der Waals surface area (Å²) in [5.74, 6) is -0.142. The number of carbonyl (C=O) groups excluding carboxylic acids is 2. The molecule has 0 radical (unpaired) electrons. The Hall–Kier alpha value is -2.65. The lowest BCUT2D eigenvalue weighted by molar-refractivity contribution is 0.0996. The van der Waals surface area contributed by atoms with E-state index in [4.69, 9.17) is 4.42 Å². The van der Waals surface area contributed by atoms with E-state index in [1.165, 1.54) is 12.3 Å². The second kappa shape index (κ2) is 4.92. The van der Waals surface area contributed by atoms with Crippen molar-refractivity contribution in [2.75, 3.05) is 5.32 Å². The second-order valence-electron chi connectivity index (χ2n) is 3.18. The number of aliphatic imine (C=N–C) groups is 1. The van der Waals surface area contributed by atoms with Crippen molar-refractivity contribution in [1.29, 1.82) is 0 Å². The van der Waals surface area contributed by atoms with E-state index in [0.717, 1.165) is 0 Å². The Kier molecular flexibility index (Phi) is 3.14. The van der Waals surface area contributed by atoms with Crippen molar-refractivity contribution in [2.24, 2.45) is 4.99 Å². The fraction of sp³-hybridized carbons (Fsp3) is 0. The molecule has 1 N–H and O–H groups in total. The highest BCUT2D eigenvalue weighted by molar-refractivity contribution is 6.02. The monoisotopic (exact) mass is 228 g/mol. The Bertz CT molecular complexity index is 569. The van der Waals surface area contributed by atoms with Crippen LogP contribution in [0.3, 0.4) is 0 Å². The quantitative estimate of drug-likeness (QED) is 0.648. The molecule has 5 heteroatoms. The summed E-state index contributed by atoms with van der Waals surface area (Å²) in [6.45, 7) is 0. The first-order valence-electron chi connectivity index (χ1n) is 4.82. The maximum absolute atomic E-state index is 11.6. The molecule has 1 heterocycles. The van der Waals surface area contributed by atoms with E-state index in [1.807, 2.05) is 0 Å². The van der Waals surface area contributed by atoms with Gasteiger partial charge in [-0.05, 0) is 30.3 Å². The van der Waals surface area contributed by atoms with Gasteiger partial charge >= 0.3 is 0 Å². The zero-order chi connectivity index (χ0) is 12.1. The van der Waals surface area contributed by atoms with Crippen LogP contribution < -0.4 is 5.32 Å². The van der Waals surface area contributed by atoms with Gasteiger partial charge in [0.2, 0.25) is 6.08 Å². The lowest BCUT2D eigenvalue weighted by Gasteiger charge is -2.02. The minimum atomic E-state index is -0.359. The number of carbonyl (C=O) groups is 1. The number of isocyanates is 1. The molecule has 0 aliphatic rings. The van der Waals surface area contributed by atoms with Gasteiger partial charge in [0.1, 0.15) is 0 Å². The Morgan fingerprint density at radius 2 is 2.18 bits per heavy atom. The van der Waals surface area contributed by atoms with Crippen LogP contribution in [0.4, 0.5) is 11.4 Å². The van der Waals surface area contributed by atoms with Crippen molar-refractivity contribution in [3.05, 3.63) is 48.4 Å². The Labute approximate surface area is 96.8 Å². The van der Waals surface area contributed by atoms with Crippen LogP contribution in [0.15, 0.2) is 52.1 Å². The van der Waals surface area contributed by atoms with Crippen LogP contribution in [0.2, 0.25) is 0 Å². The van der Waals surface area contributed by atoms with Crippen molar-refractivity contribution in [3.63, 3.8) is 0 Å². The van der Waals surface area contributed by atoms with Gasteiger partial charge in [-0.15, -0.1) is 0 Å². The van der Waals surface area contributed by atoms with Crippen LogP contribution >= 0.6 is 0 Å². The fourth-order valence-electron chi connectivity index (χ4n) is 1.31. The highest BCUT2D eigenvalue weighted by Gasteiger charge is 2.08. The molecule has 0 fully saturated rings. The van der Waals surface area contributed by atoms with Gasteiger partial charge in [-0.25, -0.2) is 4.79 Å². The summed E-state index contributed by atoms with van der Waals surface area (Å²) in [4.78, 5) is 25.2. The van der Waals surface area contributed by atoms with Crippen LogP contribution in [-0.4, -0.2) is 12.0 Å². The summed E-state index contributed by atoms with van der Waals surface area (Å²) in [6.07, 6.45) is 2.85. The molecule has 1 amide bonds. The molecule has 0 atom stereocenters. The van der Waals surface area contributed by atoms with E-state index < -0.39 is 0 Å². The number of hydrogen-bond donors (Lipinski definition) is 1. The highest BCUT2D eigenvalue weighted by atomic mass is 16.3. The average molecular weight is 228 g/mol. The number of benzene rings is 1. The predicted octanol–water partition coefficient (Wildman–Crippen LogP) is 2.50. The van der Waals surface area contributed by atoms with Gasteiger partial charge in [0.05, 0.1) is 12.0 Å². The highest BCUT2D eigenvalue weighted by Crippen LogP contribution is 2.18. The number of furan rings is 1. The smallest absolute Gasteiger partial charge is 0.291 e. The molecule has 2 aromatic rings. The molecule has 0 unspecified atom stereocenters. The summed E-state index contributed by atoms with van der Waals surface area (Å²) in [7, 11) is 0. The Morgan fingerprint density at radius 1 is 1.29 bits per heavy atom. The molecule has 0 bridgehead atoms. The second-order valence-corrected chi connectivity index (χ2v) is 3.18. The van der Waals surface area contributed by atoms with Gasteiger partial charge in [0.25, 0.3) is 5.91 Å². The molecule has 84 valence electrons. The Morgan fingerprint density at radius 3 is 2.88 bits per heavy atom. The average Bonchev–Trinajstić information content (AvgIpc) is 2.83. The number of rotatable bonds is 3. The van der Waals surface area contributed by atoms with E-state index in [2.05, 4.69) is 10.3 Å². The van der Waals surface area contributed by atoms with Crippen molar-refractivity contribution in [1.82, 2.24) is 0 Å². The maximum atomic E-state index is 11.6. The van der Waals surface area contributed by atoms with Crippen LogP contribution in [0, 0.1) is 0 Å². The van der Waals surface area contributed by atoms with Crippen LogP contribution in [0.1, 0.15) is 10.6 Å². The van der Waals surface area contributed by atoms with Crippen LogP contribution in [0.5, 0.6) is 0 Å². The van der Waals surface area contributed by atoms with Gasteiger partial charge in [-0.3, -0.25) is 4.79 Å². The molecule has 0 spiro atoms. The molecular formula is C12H8N2O3. The molecule has 0 aliphatic heterocycles. The van der Waals surface area contributed by atoms with Crippen molar-refractivity contribution in [3.8, 4) is 0 Å². The number of hydrogen-bond acceptors (Lipinski definition) is 4. The first kappa shape index (κ1) is 10.9. The van der Waals surface area contributed by atoms with Gasteiger partial charge in [0, 0.05) is 5.69 Å². The molecule has 0 saturated carbocycles. The van der Waals surface area contributed by atoms with Gasteiger partial charge in [-0.2, -0.15) is 4.99 Å². The number of nitrogens with zero attached hydrogens (tertiary/aromatic N) is 1. The topological polar surface area (TPSA) is 71.7 Å². The Balaban J connectivity index is 2.16. The molecule has 1 aromatic heterocycles. The molecule has 5 nitrogen and oxygen atoms in total. The third-order valence-corrected chi connectivity index (χ3v) is 2.02. The minimum absolute atomic E-state index is 0.217. The van der Waals surface area contributed by atoms with E-state index in [9.17, 15) is 9.59 Å². The van der Waals surface area contributed by atoms with E-state index in [-0.39, 0.29) is 11.7 Å². The first-order chi connectivity index (χ1) is 8.29. The molecule has 17 heavy (non-hydrogen) atoms. The first-order valence-corrected chi connectivity index (χ1v) is 4.82. The summed E-state index contributed by atoms with van der Waals surface area (Å²) in [5, 5.41) is 2.62. The van der Waals surface area contributed by atoms with E-state index >= 15 is 0 Å². The van der Waals surface area contributed by atoms with E-state index in [1.54, 1.807) is 36.4 Å². The van der Waals surface area contributed by atoms with Crippen molar-refractivity contribution in [2.45, 2.75) is 0 Å². The summed E-state index contributed by atoms with van der Waals surface area (Å²) in [5.41, 5.74) is 0.958. The fourth-order valence-corrected chi connectivity index (χ4v) is 1.31. The van der Waals surface area contributed by atoms with Gasteiger partial charge in [-0.1, -0.05) is 6.07 Å². The van der Waals surface area contributed by atoms with Crippen LogP contribution in [-0.2, 0) is 4.79 Å². The number of anilines is 1. The minimum Gasteiger partial charge on any atom is -0.459 e. The summed E-state index contributed by atoms with van der Waals surface area (Å²) >= 11 is 0. The third-order valence-electron chi connectivity index (χ3n) is 2.02. The molecule has 2 rings (SSSR count). The molecular weight excluding hydrogens is 220 g/mol. The lowest BCUT2D eigenvalue weighted by Crippen LogP contribution is -2.10. The zero-order valence-corrected chi connectivity index (χ0v) is 8.71. The van der Waals surface area contributed by atoms with Crippen molar-refractivity contribution < 1.29 is 14.0 Å². The lowest BCUT2D eigenvalue weighted by atomic mass is 10.2. The largest absolute Gasteiger partial charge is 0.459 e. The standard InChI is InChI=1S/C12H8N2O3/c15-8-13-9-3-1-4-10(7-9)14-12(16)11-5-2-6-17-11/h1-7H,(H,14,16). The SMILES string of the molecule is O=C=Nc1cccc(NC(=O)c2ccco2)c1. The summed E-state index contributed by atoms with van der Waals surface area (Å²) in [6, 6.07) is 9.74. The normalized spacial score (nSPS) is 9.41. The zero-order valence-electron chi connectivity index (χ0n) is 8.71. The van der Waals surface area contributed by atoms with Gasteiger partial charge in [0.15, 0.2) is 5.76 Å². The van der Waals surface area contributed by atoms with Gasteiger partial charge < -0.3 is 9.73 Å². The summed E-state index contributed by atoms with van der Waals surface area (Å²) < 4.78 is 4.95. The predicted molar refractivity (Wildman–Crippen MR) is 60.9 cm³/mol. The molecule has 0 saturated heterocycles. The van der Waals surface area contributed by atoms with Crippen molar-refractivity contribution >= 4 is 23.4 Å². The number of amides is 1. The molecule has 0 aliphatic carbocycles. The number of nitrogens with one attached hydrogen (secondary N) is 1.